The van der Waals surface area contributed by atoms with Crippen molar-refractivity contribution < 1.29 is 41.0 Å². The van der Waals surface area contributed by atoms with Gasteiger partial charge in [0.25, 0.3) is 5.60 Å². The number of halogens is 6. The number of hydrogen-bond donors (Lipinski definition) is 1. The van der Waals surface area contributed by atoms with Gasteiger partial charge in [0.1, 0.15) is 5.60 Å². The molecule has 2 saturated heterocycles. The fourth-order valence-electron chi connectivity index (χ4n) is 5.65. The van der Waals surface area contributed by atoms with Crippen molar-refractivity contribution in [1.29, 1.82) is 0 Å². The zero-order valence-electron chi connectivity index (χ0n) is 22.9. The maximum absolute atomic E-state index is 13.2. The standard InChI is InChI=1S/C29H34F6N2O3/c1-5-20-14-19(15-36-16-26(17-36)12-13-37(18-26)24(38)40-25(2,3)4)6-11-23(20)21-7-9-22(10-8-21)27(39,28(30,31)32)29(33,34)35/h6-11,14,39H,5,12-13,15-18H2,1-4H3. The molecule has 0 saturated carbocycles. The van der Waals surface area contributed by atoms with Gasteiger partial charge in [-0.25, -0.2) is 4.79 Å². The van der Waals surface area contributed by atoms with Crippen LogP contribution in [0, 0.1) is 5.41 Å². The molecule has 1 spiro atoms. The summed E-state index contributed by atoms with van der Waals surface area (Å²) in [5.41, 5.74) is -3.63. The maximum Gasteiger partial charge on any atom is 0.430 e. The molecular formula is C29H34F6N2O3. The number of hydrogen-bond acceptors (Lipinski definition) is 4. The Morgan fingerprint density at radius 2 is 1.55 bits per heavy atom. The minimum Gasteiger partial charge on any atom is -0.444 e. The minimum absolute atomic E-state index is 0.0565. The third-order valence-corrected chi connectivity index (χ3v) is 7.60. The molecule has 1 N–H and O–H groups in total. The number of aryl methyl sites for hydroxylation is 1. The molecule has 5 nitrogen and oxygen atoms in total. The molecule has 0 unspecified atom stereocenters. The van der Waals surface area contributed by atoms with Crippen LogP contribution in [0.25, 0.3) is 11.1 Å². The number of benzene rings is 2. The number of alkyl halides is 6. The molecule has 2 fully saturated rings. The summed E-state index contributed by atoms with van der Waals surface area (Å²) in [6.07, 6.45) is -10.6. The molecule has 0 radical (unpaired) electrons. The van der Waals surface area contributed by atoms with E-state index in [9.17, 15) is 36.2 Å². The first-order valence-electron chi connectivity index (χ1n) is 13.2. The van der Waals surface area contributed by atoms with E-state index in [1.807, 2.05) is 45.9 Å². The Morgan fingerprint density at radius 1 is 0.950 bits per heavy atom. The molecule has 11 heteroatoms. The van der Waals surface area contributed by atoms with Crippen molar-refractivity contribution in [2.45, 2.75) is 70.6 Å². The second kappa shape index (κ2) is 10.2. The highest BCUT2D eigenvalue weighted by Gasteiger charge is 2.71. The van der Waals surface area contributed by atoms with Gasteiger partial charge in [-0.05, 0) is 55.9 Å². The molecule has 220 valence electrons. The van der Waals surface area contributed by atoms with Gasteiger partial charge in [0, 0.05) is 43.7 Å². The van der Waals surface area contributed by atoms with E-state index in [0.29, 0.717) is 49.3 Å². The van der Waals surface area contributed by atoms with E-state index in [1.54, 1.807) is 4.90 Å². The van der Waals surface area contributed by atoms with Crippen molar-refractivity contribution in [1.82, 2.24) is 9.80 Å². The summed E-state index contributed by atoms with van der Waals surface area (Å²) in [7, 11) is 0. The first-order valence-corrected chi connectivity index (χ1v) is 13.2. The summed E-state index contributed by atoms with van der Waals surface area (Å²) in [6.45, 7) is 11.1. The van der Waals surface area contributed by atoms with Crippen molar-refractivity contribution in [3.05, 3.63) is 59.2 Å². The number of carbonyl (C=O) groups is 1. The second-order valence-electron chi connectivity index (χ2n) is 11.9. The Hall–Kier alpha value is -2.79. The molecule has 2 aliphatic rings. The van der Waals surface area contributed by atoms with Crippen LogP contribution >= 0.6 is 0 Å². The van der Waals surface area contributed by atoms with E-state index in [0.717, 1.165) is 30.6 Å². The number of likely N-dealkylation sites (tertiary alicyclic amines) is 2. The van der Waals surface area contributed by atoms with Gasteiger partial charge in [-0.1, -0.05) is 49.4 Å². The lowest BCUT2D eigenvalue weighted by atomic mass is 9.79. The van der Waals surface area contributed by atoms with Crippen LogP contribution in [0.15, 0.2) is 42.5 Å². The third-order valence-electron chi connectivity index (χ3n) is 7.60. The molecule has 0 aliphatic carbocycles. The molecule has 2 heterocycles. The molecule has 0 aromatic heterocycles. The average molecular weight is 573 g/mol. The van der Waals surface area contributed by atoms with Crippen molar-refractivity contribution in [2.75, 3.05) is 26.2 Å². The molecule has 2 aliphatic heterocycles. The van der Waals surface area contributed by atoms with Gasteiger partial charge in [-0.2, -0.15) is 26.3 Å². The topological polar surface area (TPSA) is 53.0 Å². The number of carbonyl (C=O) groups excluding carboxylic acids is 1. The van der Waals surface area contributed by atoms with Gasteiger partial charge in [-0.15, -0.1) is 0 Å². The van der Waals surface area contributed by atoms with E-state index in [4.69, 9.17) is 4.74 Å². The predicted octanol–water partition coefficient (Wildman–Crippen LogP) is 6.67. The quantitative estimate of drug-likeness (QED) is 0.407. The highest BCUT2D eigenvalue weighted by Crippen LogP contribution is 2.50. The summed E-state index contributed by atoms with van der Waals surface area (Å²) in [4.78, 5) is 16.5. The molecule has 0 bridgehead atoms. The second-order valence-corrected chi connectivity index (χ2v) is 11.9. The summed E-state index contributed by atoms with van der Waals surface area (Å²) in [6, 6.07) is 9.40. The zero-order chi connectivity index (χ0) is 29.7. The highest BCUT2D eigenvalue weighted by molar-refractivity contribution is 5.69. The molecular weight excluding hydrogens is 538 g/mol. The Labute approximate surface area is 229 Å². The fourth-order valence-corrected chi connectivity index (χ4v) is 5.65. The minimum atomic E-state index is -5.93. The van der Waals surface area contributed by atoms with Crippen LogP contribution in [-0.4, -0.2) is 65.1 Å². The number of nitrogens with zero attached hydrogens (tertiary/aromatic N) is 2. The monoisotopic (exact) mass is 572 g/mol. The molecule has 4 rings (SSSR count). The number of ether oxygens (including phenoxy) is 1. The predicted molar refractivity (Wildman–Crippen MR) is 137 cm³/mol. The number of amides is 1. The molecule has 0 atom stereocenters. The van der Waals surface area contributed by atoms with E-state index < -0.39 is 29.1 Å². The highest BCUT2D eigenvalue weighted by atomic mass is 19.4. The van der Waals surface area contributed by atoms with Crippen LogP contribution in [0.4, 0.5) is 31.1 Å². The Balaban J connectivity index is 1.43. The van der Waals surface area contributed by atoms with Crippen molar-refractivity contribution in [2.24, 2.45) is 5.41 Å². The van der Waals surface area contributed by atoms with Crippen molar-refractivity contribution >= 4 is 6.09 Å². The third kappa shape index (κ3) is 5.81. The summed E-state index contributed by atoms with van der Waals surface area (Å²) in [5.74, 6) is 0. The van der Waals surface area contributed by atoms with Gasteiger partial charge < -0.3 is 14.7 Å². The molecule has 2 aromatic carbocycles. The summed E-state index contributed by atoms with van der Waals surface area (Å²) in [5, 5.41) is 9.65. The first kappa shape index (κ1) is 30.2. The van der Waals surface area contributed by atoms with Gasteiger partial charge in [-0.3, -0.25) is 4.90 Å². The van der Waals surface area contributed by atoms with Crippen LogP contribution in [0.3, 0.4) is 0 Å². The fraction of sp³-hybridized carbons (Fsp3) is 0.552. The number of aliphatic hydroxyl groups is 1. The van der Waals surface area contributed by atoms with Gasteiger partial charge in [0.2, 0.25) is 0 Å². The summed E-state index contributed by atoms with van der Waals surface area (Å²) < 4.78 is 84.8. The Kier molecular flexibility index (Phi) is 7.73. The van der Waals surface area contributed by atoms with Gasteiger partial charge in [0.15, 0.2) is 0 Å². The summed E-state index contributed by atoms with van der Waals surface area (Å²) >= 11 is 0. The van der Waals surface area contributed by atoms with E-state index in [1.165, 1.54) is 12.1 Å². The molecule has 2 aromatic rings. The Bertz CT molecular complexity index is 1210. The number of rotatable bonds is 5. The maximum atomic E-state index is 13.2. The SMILES string of the molecule is CCc1cc(CN2CC3(CCN(C(=O)OC(C)(C)C)C3)C2)ccc1-c1ccc(C(O)(C(F)(F)F)C(F)(F)F)cc1. The van der Waals surface area contributed by atoms with E-state index in [-0.39, 0.29) is 11.5 Å². The molecule has 40 heavy (non-hydrogen) atoms. The van der Waals surface area contributed by atoms with Crippen LogP contribution < -0.4 is 0 Å². The van der Waals surface area contributed by atoms with Crippen molar-refractivity contribution in [3.63, 3.8) is 0 Å². The largest absolute Gasteiger partial charge is 0.444 e. The lowest BCUT2D eigenvalue weighted by Gasteiger charge is -2.48. The Morgan fingerprint density at radius 3 is 2.08 bits per heavy atom. The van der Waals surface area contributed by atoms with E-state index in [2.05, 4.69) is 4.90 Å². The normalized spacial score (nSPS) is 18.2. The smallest absolute Gasteiger partial charge is 0.430 e. The van der Waals surface area contributed by atoms with Crippen LogP contribution in [0.1, 0.15) is 50.8 Å². The van der Waals surface area contributed by atoms with Crippen LogP contribution in [0.5, 0.6) is 0 Å². The lowest BCUT2D eigenvalue weighted by molar-refractivity contribution is -0.376. The van der Waals surface area contributed by atoms with Crippen molar-refractivity contribution in [3.8, 4) is 11.1 Å². The zero-order valence-corrected chi connectivity index (χ0v) is 22.9. The van der Waals surface area contributed by atoms with Crippen LogP contribution in [-0.2, 0) is 23.3 Å². The molecule has 1 amide bonds. The van der Waals surface area contributed by atoms with Gasteiger partial charge >= 0.3 is 18.4 Å². The lowest BCUT2D eigenvalue weighted by Crippen LogP contribution is -2.57. The van der Waals surface area contributed by atoms with Crippen LogP contribution in [0.2, 0.25) is 0 Å². The van der Waals surface area contributed by atoms with E-state index >= 15 is 0 Å². The average Bonchev–Trinajstić information content (AvgIpc) is 3.27. The first-order chi connectivity index (χ1) is 18.4. The van der Waals surface area contributed by atoms with Gasteiger partial charge in [0.05, 0.1) is 0 Å².